The zero-order valence-corrected chi connectivity index (χ0v) is 8.66. The molecule has 1 amide bonds. The number of hydrogen-bond donors (Lipinski definition) is 3. The van der Waals surface area contributed by atoms with Crippen molar-refractivity contribution in [2.75, 3.05) is 13.2 Å². The number of carbonyl (C=O) groups excluding carboxylic acids is 1. The third-order valence-corrected chi connectivity index (χ3v) is 2.56. The molecule has 1 heterocycles. The monoisotopic (exact) mass is 216 g/mol. The van der Waals surface area contributed by atoms with Crippen LogP contribution in [-0.4, -0.2) is 41.8 Å². The summed E-state index contributed by atoms with van der Waals surface area (Å²) in [6.45, 7) is 2.28. The second-order valence-electron chi connectivity index (χ2n) is 3.80. The number of nitrogens with two attached hydrogens (primary N) is 1. The van der Waals surface area contributed by atoms with Gasteiger partial charge in [0, 0.05) is 13.2 Å². The van der Waals surface area contributed by atoms with Crippen LogP contribution in [0.1, 0.15) is 19.8 Å². The van der Waals surface area contributed by atoms with Gasteiger partial charge in [0.2, 0.25) is 5.91 Å². The molecule has 0 saturated carbocycles. The molecule has 0 bridgehead atoms. The number of hydrogen-bond acceptors (Lipinski definition) is 4. The third kappa shape index (κ3) is 2.90. The fraction of sp³-hybridized carbons (Fsp3) is 0.778. The van der Waals surface area contributed by atoms with Crippen LogP contribution in [0.15, 0.2) is 0 Å². The summed E-state index contributed by atoms with van der Waals surface area (Å²) in [5.74, 6) is -1.49. The van der Waals surface area contributed by atoms with Crippen LogP contribution in [0.25, 0.3) is 0 Å². The van der Waals surface area contributed by atoms with Gasteiger partial charge in [0.1, 0.15) is 6.04 Å². The Bertz CT molecular complexity index is 261. The SMILES string of the molecule is C[C@@H](NC(=O)C1(N)CCOCC1)C(=O)O. The molecule has 15 heavy (non-hydrogen) atoms. The Hall–Kier alpha value is -1.14. The molecule has 0 spiro atoms. The predicted octanol–water partition coefficient (Wildman–Crippen LogP) is -0.916. The summed E-state index contributed by atoms with van der Waals surface area (Å²) < 4.78 is 5.09. The Kier molecular flexibility index (Phi) is 3.65. The van der Waals surface area contributed by atoms with Crippen molar-refractivity contribution < 1.29 is 19.4 Å². The van der Waals surface area contributed by atoms with E-state index in [9.17, 15) is 9.59 Å². The summed E-state index contributed by atoms with van der Waals surface area (Å²) in [6.07, 6.45) is 0.844. The molecule has 86 valence electrons. The topological polar surface area (TPSA) is 102 Å². The van der Waals surface area contributed by atoms with Crippen LogP contribution in [0.2, 0.25) is 0 Å². The summed E-state index contributed by atoms with van der Waals surface area (Å²) in [5.41, 5.74) is 4.88. The highest BCUT2D eigenvalue weighted by Gasteiger charge is 2.36. The molecule has 0 unspecified atom stereocenters. The fourth-order valence-electron chi connectivity index (χ4n) is 1.36. The summed E-state index contributed by atoms with van der Waals surface area (Å²) in [4.78, 5) is 22.2. The van der Waals surface area contributed by atoms with Crippen molar-refractivity contribution in [3.05, 3.63) is 0 Å². The summed E-state index contributed by atoms with van der Waals surface area (Å²) >= 11 is 0. The van der Waals surface area contributed by atoms with Crippen LogP contribution < -0.4 is 11.1 Å². The van der Waals surface area contributed by atoms with Gasteiger partial charge in [0.15, 0.2) is 0 Å². The molecule has 0 aromatic carbocycles. The zero-order valence-electron chi connectivity index (χ0n) is 8.66. The molecule has 6 nitrogen and oxygen atoms in total. The number of rotatable bonds is 3. The van der Waals surface area contributed by atoms with Crippen LogP contribution in [0.4, 0.5) is 0 Å². The van der Waals surface area contributed by atoms with Crippen LogP contribution in [0.5, 0.6) is 0 Å². The van der Waals surface area contributed by atoms with E-state index in [1.807, 2.05) is 0 Å². The Balaban J connectivity index is 2.55. The number of aliphatic carboxylic acids is 1. The Morgan fingerprint density at radius 2 is 2.00 bits per heavy atom. The van der Waals surface area contributed by atoms with Gasteiger partial charge >= 0.3 is 5.97 Å². The molecule has 1 saturated heterocycles. The Labute approximate surface area is 87.8 Å². The van der Waals surface area contributed by atoms with Crippen molar-refractivity contribution in [3.63, 3.8) is 0 Å². The molecule has 1 aliphatic heterocycles. The molecule has 0 aliphatic carbocycles. The molecule has 4 N–H and O–H groups in total. The van der Waals surface area contributed by atoms with Crippen molar-refractivity contribution in [2.45, 2.75) is 31.3 Å². The summed E-state index contributed by atoms with van der Waals surface area (Å²) in [5, 5.41) is 11.0. The first kappa shape index (κ1) is 11.9. The molecule has 0 aromatic heterocycles. The van der Waals surface area contributed by atoms with Gasteiger partial charge in [-0.15, -0.1) is 0 Å². The highest BCUT2D eigenvalue weighted by molar-refractivity contribution is 5.89. The highest BCUT2D eigenvalue weighted by atomic mass is 16.5. The maximum absolute atomic E-state index is 11.7. The quantitative estimate of drug-likeness (QED) is 0.566. The van der Waals surface area contributed by atoms with Crippen LogP contribution in [0, 0.1) is 0 Å². The second-order valence-corrected chi connectivity index (χ2v) is 3.80. The molecule has 1 aliphatic rings. The van der Waals surface area contributed by atoms with E-state index in [1.165, 1.54) is 6.92 Å². The molecule has 0 radical (unpaired) electrons. The van der Waals surface area contributed by atoms with E-state index in [2.05, 4.69) is 5.32 Å². The second kappa shape index (κ2) is 4.59. The lowest BCUT2D eigenvalue weighted by Crippen LogP contribution is -2.59. The summed E-state index contributed by atoms with van der Waals surface area (Å²) in [6, 6.07) is -0.916. The van der Waals surface area contributed by atoms with Gasteiger partial charge in [-0.2, -0.15) is 0 Å². The molecular formula is C9H16N2O4. The molecular weight excluding hydrogens is 200 g/mol. The van der Waals surface area contributed by atoms with Gasteiger partial charge in [-0.1, -0.05) is 0 Å². The highest BCUT2D eigenvalue weighted by Crippen LogP contribution is 2.17. The van der Waals surface area contributed by atoms with Gasteiger partial charge in [0.25, 0.3) is 0 Å². The van der Waals surface area contributed by atoms with E-state index in [0.717, 1.165) is 0 Å². The molecule has 1 atom stereocenters. The number of amides is 1. The first-order valence-corrected chi connectivity index (χ1v) is 4.86. The smallest absolute Gasteiger partial charge is 0.325 e. The lowest BCUT2D eigenvalue weighted by atomic mass is 9.90. The van der Waals surface area contributed by atoms with Gasteiger partial charge < -0.3 is 20.9 Å². The van der Waals surface area contributed by atoms with Crippen molar-refractivity contribution >= 4 is 11.9 Å². The normalized spacial score (nSPS) is 21.7. The van der Waals surface area contributed by atoms with Gasteiger partial charge in [-0.05, 0) is 19.8 Å². The lowest BCUT2D eigenvalue weighted by Gasteiger charge is -2.32. The van der Waals surface area contributed by atoms with E-state index < -0.39 is 23.5 Å². The average Bonchev–Trinajstić information content (AvgIpc) is 2.18. The number of carboxylic acids is 1. The Morgan fingerprint density at radius 1 is 1.47 bits per heavy atom. The maximum atomic E-state index is 11.7. The van der Waals surface area contributed by atoms with Crippen molar-refractivity contribution in [3.8, 4) is 0 Å². The minimum atomic E-state index is -1.07. The van der Waals surface area contributed by atoms with E-state index in [0.29, 0.717) is 26.1 Å². The predicted molar refractivity (Wildman–Crippen MR) is 52.2 cm³/mol. The number of ether oxygens (including phenoxy) is 1. The van der Waals surface area contributed by atoms with Crippen LogP contribution in [-0.2, 0) is 14.3 Å². The molecule has 0 aromatic rings. The van der Waals surface area contributed by atoms with E-state index >= 15 is 0 Å². The average molecular weight is 216 g/mol. The van der Waals surface area contributed by atoms with E-state index in [4.69, 9.17) is 15.6 Å². The molecule has 1 rings (SSSR count). The maximum Gasteiger partial charge on any atom is 0.325 e. The molecule has 6 heteroatoms. The van der Waals surface area contributed by atoms with Crippen molar-refractivity contribution in [1.29, 1.82) is 0 Å². The van der Waals surface area contributed by atoms with Gasteiger partial charge in [-0.25, -0.2) is 0 Å². The van der Waals surface area contributed by atoms with Crippen molar-refractivity contribution in [1.82, 2.24) is 5.32 Å². The zero-order chi connectivity index (χ0) is 11.5. The minimum Gasteiger partial charge on any atom is -0.480 e. The standard InChI is InChI=1S/C9H16N2O4/c1-6(7(12)13)11-8(14)9(10)2-4-15-5-3-9/h6H,2-5,10H2,1H3,(H,11,14)(H,12,13)/t6-/m1/s1. The first-order valence-electron chi connectivity index (χ1n) is 4.86. The van der Waals surface area contributed by atoms with Gasteiger partial charge in [-0.3, -0.25) is 9.59 Å². The number of carboxylic acid groups (broad SMARTS) is 1. The lowest BCUT2D eigenvalue weighted by molar-refractivity contribution is -0.142. The first-order chi connectivity index (χ1) is 6.96. The van der Waals surface area contributed by atoms with E-state index in [1.54, 1.807) is 0 Å². The van der Waals surface area contributed by atoms with Gasteiger partial charge in [0.05, 0.1) is 5.54 Å². The molecule has 1 fully saturated rings. The van der Waals surface area contributed by atoms with Crippen LogP contribution >= 0.6 is 0 Å². The number of nitrogens with one attached hydrogen (secondary N) is 1. The third-order valence-electron chi connectivity index (χ3n) is 2.56. The Morgan fingerprint density at radius 3 is 2.47 bits per heavy atom. The van der Waals surface area contributed by atoms with Crippen LogP contribution in [0.3, 0.4) is 0 Å². The minimum absolute atomic E-state index is 0.416. The number of carbonyl (C=O) groups is 2. The summed E-state index contributed by atoms with van der Waals surface area (Å²) in [7, 11) is 0. The largest absolute Gasteiger partial charge is 0.480 e. The fourth-order valence-corrected chi connectivity index (χ4v) is 1.36. The van der Waals surface area contributed by atoms with E-state index in [-0.39, 0.29) is 0 Å². The van der Waals surface area contributed by atoms with Crippen molar-refractivity contribution in [2.24, 2.45) is 5.73 Å².